The molecule has 8 heteroatoms. The molecule has 180 valence electrons. The number of ether oxygens (including phenoxy) is 2. The second kappa shape index (κ2) is 9.00. The molecule has 1 aliphatic heterocycles. The topological polar surface area (TPSA) is 105 Å². The molecule has 1 fully saturated rings. The lowest BCUT2D eigenvalue weighted by molar-refractivity contribution is -0.154. The van der Waals surface area contributed by atoms with Crippen LogP contribution in [0, 0.1) is 0 Å². The van der Waals surface area contributed by atoms with Gasteiger partial charge in [-0.25, -0.2) is 14.4 Å². The van der Waals surface area contributed by atoms with Crippen molar-refractivity contribution in [2.75, 3.05) is 19.7 Å². The normalized spacial score (nSPS) is 16.9. The van der Waals surface area contributed by atoms with E-state index in [1.807, 2.05) is 36.4 Å². The van der Waals surface area contributed by atoms with E-state index in [2.05, 4.69) is 17.4 Å². The number of benzene rings is 2. The summed E-state index contributed by atoms with van der Waals surface area (Å²) in [5.41, 5.74) is 2.32. The van der Waals surface area contributed by atoms with E-state index in [1.54, 1.807) is 20.8 Å². The van der Waals surface area contributed by atoms with Crippen LogP contribution < -0.4 is 5.32 Å². The molecule has 2 amide bonds. The van der Waals surface area contributed by atoms with Gasteiger partial charge in [0.05, 0.1) is 0 Å². The summed E-state index contributed by atoms with van der Waals surface area (Å²) in [4.78, 5) is 38.6. The SMILES string of the molecule is CC(C)(C)OC(=O)NC1(C(=O)OCC2c3ccccc3-c3ccccc32)CCN(C(=O)O)CC1. The van der Waals surface area contributed by atoms with Crippen molar-refractivity contribution in [3.05, 3.63) is 59.7 Å². The van der Waals surface area contributed by atoms with Crippen LogP contribution in [0.4, 0.5) is 9.59 Å². The van der Waals surface area contributed by atoms with E-state index in [0.29, 0.717) is 0 Å². The van der Waals surface area contributed by atoms with Crippen LogP contribution in [-0.2, 0) is 14.3 Å². The molecule has 34 heavy (non-hydrogen) atoms. The van der Waals surface area contributed by atoms with E-state index in [1.165, 1.54) is 4.90 Å². The number of esters is 1. The first-order valence-corrected chi connectivity index (χ1v) is 11.4. The van der Waals surface area contributed by atoms with Crippen molar-refractivity contribution in [3.63, 3.8) is 0 Å². The fourth-order valence-electron chi connectivity index (χ4n) is 4.70. The molecule has 4 rings (SSSR count). The molecular formula is C26H30N2O6. The van der Waals surface area contributed by atoms with Gasteiger partial charge in [-0.05, 0) is 55.9 Å². The van der Waals surface area contributed by atoms with Gasteiger partial charge in [0.2, 0.25) is 0 Å². The molecule has 0 atom stereocenters. The first kappa shape index (κ1) is 23.6. The minimum Gasteiger partial charge on any atom is -0.465 e. The number of fused-ring (bicyclic) bond motifs is 3. The Bertz CT molecular complexity index is 1050. The van der Waals surface area contributed by atoms with E-state index in [-0.39, 0.29) is 38.5 Å². The maximum atomic E-state index is 13.4. The Morgan fingerprint density at radius 2 is 1.53 bits per heavy atom. The first-order valence-electron chi connectivity index (χ1n) is 11.4. The number of rotatable bonds is 4. The van der Waals surface area contributed by atoms with E-state index in [9.17, 15) is 19.5 Å². The Kier molecular flexibility index (Phi) is 6.25. The summed E-state index contributed by atoms with van der Waals surface area (Å²) in [5, 5.41) is 12.0. The van der Waals surface area contributed by atoms with E-state index < -0.39 is 29.3 Å². The summed E-state index contributed by atoms with van der Waals surface area (Å²) in [5.74, 6) is -0.695. The van der Waals surface area contributed by atoms with Crippen LogP contribution in [-0.4, -0.2) is 59.0 Å². The molecule has 0 spiro atoms. The number of hydrogen-bond donors (Lipinski definition) is 2. The first-order chi connectivity index (χ1) is 16.1. The number of hydrogen-bond acceptors (Lipinski definition) is 5. The third-order valence-electron chi connectivity index (χ3n) is 6.36. The molecule has 2 aromatic rings. The monoisotopic (exact) mass is 466 g/mol. The summed E-state index contributed by atoms with van der Waals surface area (Å²) in [6.07, 6.45) is -1.58. The molecule has 2 N–H and O–H groups in total. The van der Waals surface area contributed by atoms with Crippen molar-refractivity contribution in [1.29, 1.82) is 0 Å². The summed E-state index contributed by atoms with van der Waals surface area (Å²) in [7, 11) is 0. The van der Waals surface area contributed by atoms with Crippen molar-refractivity contribution < 1.29 is 29.0 Å². The van der Waals surface area contributed by atoms with Gasteiger partial charge in [-0.3, -0.25) is 0 Å². The largest absolute Gasteiger partial charge is 0.465 e. The van der Waals surface area contributed by atoms with Crippen molar-refractivity contribution in [1.82, 2.24) is 10.2 Å². The van der Waals surface area contributed by atoms with Crippen molar-refractivity contribution in [2.45, 2.75) is 50.7 Å². The fraction of sp³-hybridized carbons (Fsp3) is 0.423. The Morgan fingerprint density at radius 1 is 1.00 bits per heavy atom. The molecular weight excluding hydrogens is 436 g/mol. The summed E-state index contributed by atoms with van der Waals surface area (Å²) in [6.45, 7) is 5.54. The Balaban J connectivity index is 1.53. The maximum absolute atomic E-state index is 13.4. The van der Waals surface area contributed by atoms with Gasteiger partial charge in [-0.1, -0.05) is 48.5 Å². The molecule has 0 unspecified atom stereocenters. The molecule has 8 nitrogen and oxygen atoms in total. The lowest BCUT2D eigenvalue weighted by atomic mass is 9.87. The number of carbonyl (C=O) groups is 3. The standard InChI is InChI=1S/C26H30N2O6/c1-25(2,3)34-23(30)27-26(12-14-28(15-13-26)24(31)32)22(29)33-16-21-19-10-6-4-8-17(19)18-9-5-7-11-20(18)21/h4-11,21H,12-16H2,1-3H3,(H,27,30)(H,31,32). The Morgan fingerprint density at radius 3 is 2.03 bits per heavy atom. The number of carbonyl (C=O) groups excluding carboxylic acids is 2. The average Bonchev–Trinajstić information content (AvgIpc) is 3.10. The van der Waals surface area contributed by atoms with Crippen LogP contribution in [0.25, 0.3) is 11.1 Å². The molecule has 1 saturated heterocycles. The minimum atomic E-state index is -1.36. The van der Waals surface area contributed by atoms with E-state index in [0.717, 1.165) is 22.3 Å². The Labute approximate surface area is 198 Å². The van der Waals surface area contributed by atoms with Gasteiger partial charge in [0.1, 0.15) is 17.7 Å². The number of nitrogens with one attached hydrogen (secondary N) is 1. The van der Waals surface area contributed by atoms with Gasteiger partial charge in [-0.15, -0.1) is 0 Å². The van der Waals surface area contributed by atoms with Gasteiger partial charge < -0.3 is 24.8 Å². The number of amides is 2. The van der Waals surface area contributed by atoms with Crippen LogP contribution >= 0.6 is 0 Å². The van der Waals surface area contributed by atoms with Crippen molar-refractivity contribution in [2.24, 2.45) is 0 Å². The maximum Gasteiger partial charge on any atom is 0.408 e. The number of alkyl carbamates (subject to hydrolysis) is 1. The van der Waals surface area contributed by atoms with Crippen molar-refractivity contribution in [3.8, 4) is 11.1 Å². The van der Waals surface area contributed by atoms with Gasteiger partial charge >= 0.3 is 18.2 Å². The van der Waals surface area contributed by atoms with Gasteiger partial charge in [0.15, 0.2) is 0 Å². The second-order valence-electron chi connectivity index (χ2n) is 9.80. The fourth-order valence-corrected chi connectivity index (χ4v) is 4.70. The molecule has 1 heterocycles. The van der Waals surface area contributed by atoms with Gasteiger partial charge in [-0.2, -0.15) is 0 Å². The lowest BCUT2D eigenvalue weighted by Crippen LogP contribution is -2.61. The zero-order valence-corrected chi connectivity index (χ0v) is 19.7. The zero-order chi connectivity index (χ0) is 24.5. The third-order valence-corrected chi connectivity index (χ3v) is 6.36. The predicted molar refractivity (Wildman–Crippen MR) is 126 cm³/mol. The smallest absolute Gasteiger partial charge is 0.408 e. The molecule has 2 aromatic carbocycles. The predicted octanol–water partition coefficient (Wildman–Crippen LogP) is 4.38. The highest BCUT2D eigenvalue weighted by molar-refractivity contribution is 5.87. The number of likely N-dealkylation sites (tertiary alicyclic amines) is 1. The number of carboxylic acid groups (broad SMARTS) is 1. The second-order valence-corrected chi connectivity index (χ2v) is 9.80. The van der Waals surface area contributed by atoms with E-state index in [4.69, 9.17) is 9.47 Å². The minimum absolute atomic E-state index is 0.106. The average molecular weight is 467 g/mol. The molecule has 0 bridgehead atoms. The lowest BCUT2D eigenvalue weighted by Gasteiger charge is -2.39. The molecule has 1 aliphatic carbocycles. The summed E-state index contributed by atoms with van der Waals surface area (Å²) < 4.78 is 11.2. The van der Waals surface area contributed by atoms with Crippen LogP contribution in [0.15, 0.2) is 48.5 Å². The highest BCUT2D eigenvalue weighted by atomic mass is 16.6. The van der Waals surface area contributed by atoms with Crippen LogP contribution in [0.3, 0.4) is 0 Å². The number of nitrogens with zero attached hydrogens (tertiary/aromatic N) is 1. The van der Waals surface area contributed by atoms with Crippen molar-refractivity contribution >= 4 is 18.2 Å². The quantitative estimate of drug-likeness (QED) is 0.648. The highest BCUT2D eigenvalue weighted by Gasteiger charge is 2.46. The van der Waals surface area contributed by atoms with E-state index >= 15 is 0 Å². The number of piperidine rings is 1. The van der Waals surface area contributed by atoms with Crippen LogP contribution in [0.5, 0.6) is 0 Å². The molecule has 0 radical (unpaired) electrons. The third kappa shape index (κ3) is 4.71. The van der Waals surface area contributed by atoms with Crippen LogP contribution in [0.2, 0.25) is 0 Å². The highest BCUT2D eigenvalue weighted by Crippen LogP contribution is 2.44. The van der Waals surface area contributed by atoms with Crippen LogP contribution in [0.1, 0.15) is 50.7 Å². The zero-order valence-electron chi connectivity index (χ0n) is 19.7. The van der Waals surface area contributed by atoms with Gasteiger partial charge in [0, 0.05) is 19.0 Å². The van der Waals surface area contributed by atoms with Gasteiger partial charge in [0.25, 0.3) is 0 Å². The molecule has 2 aliphatic rings. The Hall–Kier alpha value is -3.55. The molecule has 0 aromatic heterocycles. The molecule has 0 saturated carbocycles. The summed E-state index contributed by atoms with van der Waals surface area (Å²) in [6, 6.07) is 16.1. The summed E-state index contributed by atoms with van der Waals surface area (Å²) >= 11 is 0.